The highest BCUT2D eigenvalue weighted by Gasteiger charge is 2.22. The average Bonchev–Trinajstić information content (AvgIpc) is 2.67. The summed E-state index contributed by atoms with van der Waals surface area (Å²) in [6, 6.07) is 5.06. The Morgan fingerprint density at radius 1 is 1.50 bits per heavy atom. The van der Waals surface area contributed by atoms with Crippen molar-refractivity contribution in [1.82, 2.24) is 5.32 Å². The third-order valence-electron chi connectivity index (χ3n) is 3.28. The van der Waals surface area contributed by atoms with E-state index in [0.717, 1.165) is 31.1 Å². The molecule has 0 radical (unpaired) electrons. The van der Waals surface area contributed by atoms with Gasteiger partial charge in [0.2, 0.25) is 0 Å². The Morgan fingerprint density at radius 2 is 2.31 bits per heavy atom. The van der Waals surface area contributed by atoms with Crippen molar-refractivity contribution in [3.8, 4) is 0 Å². The highest BCUT2D eigenvalue weighted by molar-refractivity contribution is 5.53. The first-order valence-electron chi connectivity index (χ1n) is 5.86. The molecule has 1 aliphatic heterocycles. The topological polar surface area (TPSA) is 15.3 Å². The Morgan fingerprint density at radius 3 is 3.00 bits per heavy atom. The highest BCUT2D eigenvalue weighted by atomic mass is 19.1. The lowest BCUT2D eigenvalue weighted by Crippen LogP contribution is -2.24. The molecule has 1 saturated heterocycles. The van der Waals surface area contributed by atoms with Gasteiger partial charge in [-0.25, -0.2) is 4.39 Å². The molecule has 1 aliphatic rings. The van der Waals surface area contributed by atoms with E-state index < -0.39 is 0 Å². The van der Waals surface area contributed by atoms with Gasteiger partial charge in [-0.15, -0.1) is 0 Å². The predicted octanol–water partition coefficient (Wildman–Crippen LogP) is 2.18. The number of anilines is 1. The minimum Gasteiger partial charge on any atom is -0.371 e. The van der Waals surface area contributed by atoms with Crippen molar-refractivity contribution in [2.45, 2.75) is 13.3 Å². The molecule has 3 heteroatoms. The first-order chi connectivity index (χ1) is 7.70. The molecule has 0 spiro atoms. The molecule has 16 heavy (non-hydrogen) atoms. The fourth-order valence-electron chi connectivity index (χ4n) is 2.48. The molecule has 1 fully saturated rings. The number of rotatable bonds is 3. The lowest BCUT2D eigenvalue weighted by Gasteiger charge is -2.21. The van der Waals surface area contributed by atoms with Crippen molar-refractivity contribution in [3.63, 3.8) is 0 Å². The van der Waals surface area contributed by atoms with E-state index in [9.17, 15) is 4.39 Å². The summed E-state index contributed by atoms with van der Waals surface area (Å²) in [7, 11) is 1.99. The summed E-state index contributed by atoms with van der Waals surface area (Å²) in [5.74, 6) is 0.571. The summed E-state index contributed by atoms with van der Waals surface area (Å²) in [4.78, 5) is 2.36. The SMILES string of the molecule is CNCC1CCN(c2ccc(F)cc2C)C1. The zero-order valence-corrected chi connectivity index (χ0v) is 9.96. The summed E-state index contributed by atoms with van der Waals surface area (Å²) in [6.07, 6.45) is 1.22. The van der Waals surface area contributed by atoms with Crippen molar-refractivity contribution >= 4 is 5.69 Å². The Hall–Kier alpha value is -1.09. The van der Waals surface area contributed by atoms with Gasteiger partial charge in [-0.2, -0.15) is 0 Å². The van der Waals surface area contributed by atoms with Gasteiger partial charge in [0.25, 0.3) is 0 Å². The second-order valence-electron chi connectivity index (χ2n) is 4.59. The molecule has 1 aromatic carbocycles. The average molecular weight is 222 g/mol. The summed E-state index contributed by atoms with van der Waals surface area (Å²) in [5, 5.41) is 3.22. The summed E-state index contributed by atoms with van der Waals surface area (Å²) < 4.78 is 13.0. The molecule has 88 valence electrons. The fourth-order valence-corrected chi connectivity index (χ4v) is 2.48. The maximum atomic E-state index is 13.0. The van der Waals surface area contributed by atoms with E-state index in [1.165, 1.54) is 12.1 Å². The fraction of sp³-hybridized carbons (Fsp3) is 0.538. The van der Waals surface area contributed by atoms with Crippen molar-refractivity contribution in [2.75, 3.05) is 31.6 Å². The van der Waals surface area contributed by atoms with E-state index in [4.69, 9.17) is 0 Å². The molecule has 0 aliphatic carbocycles. The van der Waals surface area contributed by atoms with Crippen molar-refractivity contribution in [2.24, 2.45) is 5.92 Å². The van der Waals surface area contributed by atoms with Crippen LogP contribution in [0.25, 0.3) is 0 Å². The van der Waals surface area contributed by atoms with Crippen LogP contribution in [0.4, 0.5) is 10.1 Å². The molecule has 1 heterocycles. The molecule has 0 saturated carbocycles. The molecule has 2 rings (SSSR count). The van der Waals surface area contributed by atoms with Gasteiger partial charge in [-0.1, -0.05) is 0 Å². The summed E-state index contributed by atoms with van der Waals surface area (Å²) in [6.45, 7) is 5.20. The summed E-state index contributed by atoms with van der Waals surface area (Å²) in [5.41, 5.74) is 2.21. The van der Waals surface area contributed by atoms with E-state index in [-0.39, 0.29) is 5.82 Å². The molecular formula is C13H19FN2. The zero-order valence-electron chi connectivity index (χ0n) is 9.96. The van der Waals surface area contributed by atoms with Crippen molar-refractivity contribution < 1.29 is 4.39 Å². The van der Waals surface area contributed by atoms with Gasteiger partial charge in [0.05, 0.1) is 0 Å². The number of hydrogen-bond donors (Lipinski definition) is 1. The smallest absolute Gasteiger partial charge is 0.123 e. The number of aryl methyl sites for hydroxylation is 1. The van der Waals surface area contributed by atoms with Crippen LogP contribution in [0.5, 0.6) is 0 Å². The van der Waals surface area contributed by atoms with Gasteiger partial charge in [0.1, 0.15) is 5.82 Å². The molecule has 1 aromatic rings. The lowest BCUT2D eigenvalue weighted by molar-refractivity contribution is 0.549. The normalized spacial score (nSPS) is 20.4. The number of halogens is 1. The van der Waals surface area contributed by atoms with Gasteiger partial charge in [0, 0.05) is 18.8 Å². The third kappa shape index (κ3) is 2.35. The van der Waals surface area contributed by atoms with Crippen LogP contribution in [-0.2, 0) is 0 Å². The van der Waals surface area contributed by atoms with Crippen molar-refractivity contribution in [3.05, 3.63) is 29.6 Å². The minimum atomic E-state index is -0.146. The maximum absolute atomic E-state index is 13.0. The third-order valence-corrected chi connectivity index (χ3v) is 3.28. The second kappa shape index (κ2) is 4.83. The molecule has 1 N–H and O–H groups in total. The zero-order chi connectivity index (χ0) is 11.5. The highest BCUT2D eigenvalue weighted by Crippen LogP contribution is 2.26. The molecule has 1 atom stereocenters. The second-order valence-corrected chi connectivity index (χ2v) is 4.59. The van der Waals surface area contributed by atoms with Crippen LogP contribution in [0, 0.1) is 18.7 Å². The first-order valence-corrected chi connectivity index (χ1v) is 5.86. The van der Waals surface area contributed by atoms with Gasteiger partial charge in [-0.05, 0) is 56.6 Å². The Kier molecular flexibility index (Phi) is 3.44. The Bertz CT molecular complexity index is 365. The number of benzene rings is 1. The maximum Gasteiger partial charge on any atom is 0.123 e. The largest absolute Gasteiger partial charge is 0.371 e. The van der Waals surface area contributed by atoms with Gasteiger partial charge >= 0.3 is 0 Å². The van der Waals surface area contributed by atoms with Crippen LogP contribution < -0.4 is 10.2 Å². The first kappa shape index (κ1) is 11.4. The minimum absolute atomic E-state index is 0.146. The quantitative estimate of drug-likeness (QED) is 0.843. The van der Waals surface area contributed by atoms with Crippen LogP contribution in [0.1, 0.15) is 12.0 Å². The van der Waals surface area contributed by atoms with Gasteiger partial charge < -0.3 is 10.2 Å². The van der Waals surface area contributed by atoms with Crippen LogP contribution in [0.3, 0.4) is 0 Å². The molecular weight excluding hydrogens is 203 g/mol. The van der Waals surface area contributed by atoms with Crippen molar-refractivity contribution in [1.29, 1.82) is 0 Å². The van der Waals surface area contributed by atoms with Crippen LogP contribution >= 0.6 is 0 Å². The lowest BCUT2D eigenvalue weighted by atomic mass is 10.1. The van der Waals surface area contributed by atoms with Crippen LogP contribution in [0.15, 0.2) is 18.2 Å². The van der Waals surface area contributed by atoms with Crippen LogP contribution in [0.2, 0.25) is 0 Å². The molecule has 0 amide bonds. The molecule has 2 nitrogen and oxygen atoms in total. The number of nitrogens with one attached hydrogen (secondary N) is 1. The Labute approximate surface area is 96.5 Å². The Balaban J connectivity index is 2.08. The molecule has 1 unspecified atom stereocenters. The standard InChI is InChI=1S/C13H19FN2/c1-10-7-12(14)3-4-13(10)16-6-5-11(9-16)8-15-2/h3-4,7,11,15H,5-6,8-9H2,1-2H3. The van der Waals surface area contributed by atoms with Gasteiger partial charge in [-0.3, -0.25) is 0 Å². The van der Waals surface area contributed by atoms with E-state index in [2.05, 4.69) is 10.2 Å². The van der Waals surface area contributed by atoms with E-state index >= 15 is 0 Å². The number of hydrogen-bond acceptors (Lipinski definition) is 2. The molecule has 0 aromatic heterocycles. The van der Waals surface area contributed by atoms with Gasteiger partial charge in [0.15, 0.2) is 0 Å². The van der Waals surface area contributed by atoms with E-state index in [1.807, 2.05) is 20.0 Å². The predicted molar refractivity (Wildman–Crippen MR) is 65.4 cm³/mol. The number of nitrogens with zero attached hydrogens (tertiary/aromatic N) is 1. The summed E-state index contributed by atoms with van der Waals surface area (Å²) >= 11 is 0. The van der Waals surface area contributed by atoms with E-state index in [0.29, 0.717) is 0 Å². The van der Waals surface area contributed by atoms with E-state index in [1.54, 1.807) is 12.1 Å². The molecule has 0 bridgehead atoms. The monoisotopic (exact) mass is 222 g/mol. The van der Waals surface area contributed by atoms with Crippen LogP contribution in [-0.4, -0.2) is 26.7 Å².